The molecule has 136 valence electrons. The summed E-state index contributed by atoms with van der Waals surface area (Å²) in [6, 6.07) is 3.96. The number of nitrogens with zero attached hydrogens (tertiary/aromatic N) is 4. The van der Waals surface area contributed by atoms with Crippen molar-refractivity contribution in [3.05, 3.63) is 17.8 Å². The van der Waals surface area contributed by atoms with Crippen molar-refractivity contribution < 1.29 is 9.53 Å². The van der Waals surface area contributed by atoms with Crippen LogP contribution in [0.3, 0.4) is 0 Å². The predicted molar refractivity (Wildman–Crippen MR) is 97.1 cm³/mol. The minimum Gasteiger partial charge on any atom is -0.378 e. The van der Waals surface area contributed by atoms with Crippen LogP contribution in [0.15, 0.2) is 12.1 Å². The summed E-state index contributed by atoms with van der Waals surface area (Å²) in [7, 11) is 2.16. The summed E-state index contributed by atoms with van der Waals surface area (Å²) in [6.07, 6.45) is 0. The molecule has 3 aliphatic heterocycles. The number of urea groups is 1. The van der Waals surface area contributed by atoms with Gasteiger partial charge >= 0.3 is 6.03 Å². The number of amides is 2. The number of pyridine rings is 1. The number of hydrogen-bond acceptors (Lipinski definition) is 5. The Balaban J connectivity index is 1.38. The summed E-state index contributed by atoms with van der Waals surface area (Å²) in [5, 5.41) is 3.05. The second kappa shape index (κ2) is 6.80. The lowest BCUT2D eigenvalue weighted by atomic mass is 10.0. The molecule has 1 N–H and O–H groups in total. The molecule has 1 aromatic heterocycles. The van der Waals surface area contributed by atoms with Gasteiger partial charge in [0.1, 0.15) is 5.82 Å². The first kappa shape index (κ1) is 16.6. The average molecular weight is 345 g/mol. The van der Waals surface area contributed by atoms with Gasteiger partial charge in [-0.05, 0) is 37.9 Å². The molecule has 3 fully saturated rings. The Labute approximate surface area is 148 Å². The number of morpholine rings is 1. The Morgan fingerprint density at radius 1 is 1.16 bits per heavy atom. The molecule has 2 amide bonds. The number of aryl methyl sites for hydroxylation is 1. The van der Waals surface area contributed by atoms with E-state index in [1.54, 1.807) is 0 Å². The number of fused-ring (bicyclic) bond motifs is 1. The van der Waals surface area contributed by atoms with Crippen LogP contribution in [-0.2, 0) is 4.74 Å². The molecular formula is C18H27N5O2. The van der Waals surface area contributed by atoms with Crippen molar-refractivity contribution in [1.82, 2.24) is 14.8 Å². The molecule has 0 saturated carbocycles. The number of rotatable bonds is 2. The Bertz CT molecular complexity index is 632. The van der Waals surface area contributed by atoms with Crippen molar-refractivity contribution in [2.45, 2.75) is 6.92 Å². The highest BCUT2D eigenvalue weighted by Gasteiger charge is 2.40. The van der Waals surface area contributed by atoms with Crippen LogP contribution in [0.2, 0.25) is 0 Å². The molecule has 3 saturated heterocycles. The number of hydrogen-bond donors (Lipinski definition) is 1. The van der Waals surface area contributed by atoms with Crippen LogP contribution in [-0.4, -0.2) is 80.3 Å². The van der Waals surface area contributed by atoms with Crippen LogP contribution in [0.1, 0.15) is 5.69 Å². The number of nitrogens with one attached hydrogen (secondary N) is 1. The van der Waals surface area contributed by atoms with E-state index in [1.165, 1.54) is 0 Å². The van der Waals surface area contributed by atoms with Gasteiger partial charge in [-0.3, -0.25) is 0 Å². The van der Waals surface area contributed by atoms with Gasteiger partial charge in [-0.2, -0.15) is 0 Å². The lowest BCUT2D eigenvalue weighted by molar-refractivity contribution is 0.122. The minimum atomic E-state index is 0.000996. The highest BCUT2D eigenvalue weighted by atomic mass is 16.5. The fourth-order valence-electron chi connectivity index (χ4n) is 4.24. The van der Waals surface area contributed by atoms with Gasteiger partial charge in [0.15, 0.2) is 0 Å². The van der Waals surface area contributed by atoms with E-state index in [0.717, 1.165) is 69.7 Å². The molecule has 7 heteroatoms. The van der Waals surface area contributed by atoms with Crippen LogP contribution < -0.4 is 10.2 Å². The zero-order valence-electron chi connectivity index (χ0n) is 15.1. The Kier molecular flexibility index (Phi) is 4.52. The predicted octanol–water partition coefficient (Wildman–Crippen LogP) is 1.25. The van der Waals surface area contributed by atoms with E-state index < -0.39 is 0 Å². The number of carbonyl (C=O) groups is 1. The van der Waals surface area contributed by atoms with E-state index in [2.05, 4.69) is 27.1 Å². The summed E-state index contributed by atoms with van der Waals surface area (Å²) in [6.45, 7) is 9.09. The number of anilines is 2. The summed E-state index contributed by atoms with van der Waals surface area (Å²) >= 11 is 0. The molecule has 25 heavy (non-hydrogen) atoms. The maximum atomic E-state index is 12.6. The molecule has 0 unspecified atom stereocenters. The number of ether oxygens (including phenoxy) is 1. The molecule has 0 radical (unpaired) electrons. The van der Waals surface area contributed by atoms with Crippen molar-refractivity contribution in [3.8, 4) is 0 Å². The van der Waals surface area contributed by atoms with Crippen molar-refractivity contribution in [3.63, 3.8) is 0 Å². The Morgan fingerprint density at radius 3 is 2.48 bits per heavy atom. The van der Waals surface area contributed by atoms with Crippen LogP contribution in [0.5, 0.6) is 0 Å². The molecule has 0 spiro atoms. The molecule has 0 aliphatic carbocycles. The molecule has 0 bridgehead atoms. The van der Waals surface area contributed by atoms with Crippen molar-refractivity contribution in [2.75, 3.05) is 69.7 Å². The van der Waals surface area contributed by atoms with Gasteiger partial charge in [0.2, 0.25) is 0 Å². The topological polar surface area (TPSA) is 60.9 Å². The largest absolute Gasteiger partial charge is 0.378 e. The zero-order chi connectivity index (χ0) is 17.4. The van der Waals surface area contributed by atoms with Crippen molar-refractivity contribution >= 4 is 17.5 Å². The summed E-state index contributed by atoms with van der Waals surface area (Å²) in [4.78, 5) is 23.8. The standard InChI is InChI=1S/C18H27N5O2/c1-13-16(3-4-17(19-13)22-5-7-25-8-6-22)20-18(24)23-11-14-9-21(2)10-15(14)12-23/h3-4,14-15H,5-12H2,1-2H3,(H,20,24)/t14-,15+. The quantitative estimate of drug-likeness (QED) is 0.874. The molecule has 4 rings (SSSR count). The lowest BCUT2D eigenvalue weighted by Gasteiger charge is -2.28. The van der Waals surface area contributed by atoms with Gasteiger partial charge < -0.3 is 24.8 Å². The second-order valence-corrected chi connectivity index (χ2v) is 7.48. The van der Waals surface area contributed by atoms with Crippen LogP contribution in [0.25, 0.3) is 0 Å². The maximum Gasteiger partial charge on any atom is 0.321 e. The van der Waals surface area contributed by atoms with Gasteiger partial charge in [0, 0.05) is 39.3 Å². The fourth-order valence-corrected chi connectivity index (χ4v) is 4.24. The Morgan fingerprint density at radius 2 is 1.84 bits per heavy atom. The van der Waals surface area contributed by atoms with E-state index in [-0.39, 0.29) is 6.03 Å². The van der Waals surface area contributed by atoms with Gasteiger partial charge in [-0.1, -0.05) is 0 Å². The first-order valence-electron chi connectivity index (χ1n) is 9.15. The van der Waals surface area contributed by atoms with Gasteiger partial charge in [0.05, 0.1) is 24.6 Å². The molecule has 0 aromatic carbocycles. The number of likely N-dealkylation sites (tertiary alicyclic amines) is 2. The molecule has 1 aromatic rings. The third-order valence-electron chi connectivity index (χ3n) is 5.60. The van der Waals surface area contributed by atoms with Gasteiger partial charge in [-0.15, -0.1) is 0 Å². The fraction of sp³-hybridized carbons (Fsp3) is 0.667. The van der Waals surface area contributed by atoms with E-state index in [1.807, 2.05) is 24.0 Å². The van der Waals surface area contributed by atoms with Crippen LogP contribution in [0, 0.1) is 18.8 Å². The highest BCUT2D eigenvalue weighted by molar-refractivity contribution is 5.90. The molecule has 4 heterocycles. The summed E-state index contributed by atoms with van der Waals surface area (Å²) in [5.74, 6) is 2.20. The molecule has 3 aliphatic rings. The third-order valence-corrected chi connectivity index (χ3v) is 5.60. The van der Waals surface area contributed by atoms with E-state index in [9.17, 15) is 4.79 Å². The van der Waals surface area contributed by atoms with Crippen LogP contribution in [0.4, 0.5) is 16.3 Å². The van der Waals surface area contributed by atoms with E-state index >= 15 is 0 Å². The molecular weight excluding hydrogens is 318 g/mol. The van der Waals surface area contributed by atoms with Crippen molar-refractivity contribution in [2.24, 2.45) is 11.8 Å². The highest BCUT2D eigenvalue weighted by Crippen LogP contribution is 2.30. The zero-order valence-corrected chi connectivity index (χ0v) is 15.1. The summed E-state index contributed by atoms with van der Waals surface area (Å²) < 4.78 is 5.39. The monoisotopic (exact) mass is 345 g/mol. The van der Waals surface area contributed by atoms with E-state index in [4.69, 9.17) is 4.74 Å². The SMILES string of the molecule is Cc1nc(N2CCOCC2)ccc1NC(=O)N1C[C@H]2CN(C)C[C@H]2C1. The molecule has 7 nitrogen and oxygen atoms in total. The van der Waals surface area contributed by atoms with Gasteiger partial charge in [-0.25, -0.2) is 9.78 Å². The Hall–Kier alpha value is -1.86. The van der Waals surface area contributed by atoms with Crippen molar-refractivity contribution in [1.29, 1.82) is 0 Å². The third kappa shape index (κ3) is 3.43. The van der Waals surface area contributed by atoms with E-state index in [0.29, 0.717) is 11.8 Å². The first-order valence-corrected chi connectivity index (χ1v) is 9.15. The van der Waals surface area contributed by atoms with Gasteiger partial charge in [0.25, 0.3) is 0 Å². The maximum absolute atomic E-state index is 12.6. The lowest BCUT2D eigenvalue weighted by Crippen LogP contribution is -2.37. The summed E-state index contributed by atoms with van der Waals surface area (Å²) in [5.41, 5.74) is 1.66. The van der Waals surface area contributed by atoms with Crippen LogP contribution >= 0.6 is 0 Å². The number of carbonyl (C=O) groups excluding carboxylic acids is 1. The smallest absolute Gasteiger partial charge is 0.321 e. The number of aromatic nitrogens is 1. The molecule has 2 atom stereocenters. The second-order valence-electron chi connectivity index (χ2n) is 7.48. The average Bonchev–Trinajstić information content (AvgIpc) is 3.15. The normalized spacial score (nSPS) is 26.8. The first-order chi connectivity index (χ1) is 12.1. The minimum absolute atomic E-state index is 0.000996.